The predicted molar refractivity (Wildman–Crippen MR) is 166 cm³/mol. The first kappa shape index (κ1) is 31.4. The predicted octanol–water partition coefficient (Wildman–Crippen LogP) is 9.68. The maximum absolute atomic E-state index is 14.0. The molecule has 1 aliphatic carbocycles. The largest absolute Gasteiger partial charge is 0.445 e. The lowest BCUT2D eigenvalue weighted by molar-refractivity contribution is -0.116. The quantitative estimate of drug-likeness (QED) is 0.215. The van der Waals surface area contributed by atoms with Crippen LogP contribution in [0.15, 0.2) is 48.3 Å². The third-order valence-corrected chi connectivity index (χ3v) is 16.7. The van der Waals surface area contributed by atoms with E-state index < -0.39 is 8.07 Å². The van der Waals surface area contributed by atoms with Crippen LogP contribution in [0.2, 0.25) is 16.6 Å². The van der Waals surface area contributed by atoms with Gasteiger partial charge in [-0.1, -0.05) is 92.2 Å². The number of ketones is 1. The fourth-order valence-corrected chi connectivity index (χ4v) is 14.5. The van der Waals surface area contributed by atoms with E-state index in [1.807, 2.05) is 17.2 Å². The Morgan fingerprint density at radius 3 is 2.13 bits per heavy atom. The number of ether oxygens (including phenoxy) is 1. The molecule has 4 nitrogen and oxygen atoms in total. The number of benzene rings is 1. The molecule has 1 saturated carbocycles. The molecule has 0 saturated heterocycles. The summed E-state index contributed by atoms with van der Waals surface area (Å²) in [5.41, 5.74) is 3.78. The minimum atomic E-state index is -2.23. The Labute approximate surface area is 239 Å². The molecule has 1 heterocycles. The van der Waals surface area contributed by atoms with Crippen molar-refractivity contribution in [2.75, 3.05) is 0 Å². The molecule has 5 heteroatoms. The number of carbonyl (C=O) groups is 2. The fraction of sp³-hybridized carbons (Fsp3) is 0.647. The molecular formula is C34H53NO3Si. The van der Waals surface area contributed by atoms with E-state index in [1.54, 1.807) is 0 Å². The second-order valence-corrected chi connectivity index (χ2v) is 19.0. The molecule has 216 valence electrons. The van der Waals surface area contributed by atoms with E-state index >= 15 is 0 Å². The highest BCUT2D eigenvalue weighted by Crippen LogP contribution is 2.48. The minimum Gasteiger partial charge on any atom is -0.445 e. The van der Waals surface area contributed by atoms with E-state index in [0.717, 1.165) is 43.7 Å². The van der Waals surface area contributed by atoms with Gasteiger partial charge in [0, 0.05) is 24.6 Å². The zero-order valence-corrected chi connectivity index (χ0v) is 26.8. The van der Waals surface area contributed by atoms with E-state index in [9.17, 15) is 9.59 Å². The summed E-state index contributed by atoms with van der Waals surface area (Å²) < 4.78 is 6.38. The molecule has 1 fully saturated rings. The molecule has 1 aromatic carbocycles. The number of allylic oxidation sites excluding steroid dienone is 2. The number of amides is 1. The lowest BCUT2D eigenvalue weighted by Crippen LogP contribution is -2.54. The first-order chi connectivity index (χ1) is 18.4. The van der Waals surface area contributed by atoms with Crippen molar-refractivity contribution in [3.8, 4) is 0 Å². The van der Waals surface area contributed by atoms with Crippen molar-refractivity contribution < 1.29 is 14.3 Å². The topological polar surface area (TPSA) is 46.6 Å². The molecule has 3 rings (SSSR count). The molecule has 1 aliphatic heterocycles. The molecule has 0 aromatic heterocycles. The first-order valence-corrected chi connectivity index (χ1v) is 17.6. The standard InChI is InChI=1S/C34H53NO3Si/c1-10-11-14-29-21-31(36)33(39(24(4)5,25(6)7)26(8)9)22-35(29)34(37)38-32-16-13-12-15-30(32)28-19-17-27(18-20-28)23(2)3/h10,17-20,22-26,29-30,32H,1,11-16,21H2,2-9H3/t29-,30+,32-/m0/s1. The van der Waals surface area contributed by atoms with Crippen LogP contribution in [0.4, 0.5) is 4.79 Å². The number of Topliss-reactive ketones (excluding diaryl/α,β-unsaturated/α-hetero) is 1. The van der Waals surface area contributed by atoms with Gasteiger partial charge in [-0.3, -0.25) is 9.69 Å². The van der Waals surface area contributed by atoms with E-state index in [-0.39, 0.29) is 29.9 Å². The van der Waals surface area contributed by atoms with Crippen LogP contribution in [0, 0.1) is 0 Å². The van der Waals surface area contributed by atoms with Gasteiger partial charge in [0.15, 0.2) is 5.78 Å². The van der Waals surface area contributed by atoms with Crippen LogP contribution in [-0.2, 0) is 9.53 Å². The van der Waals surface area contributed by atoms with E-state index in [4.69, 9.17) is 4.74 Å². The van der Waals surface area contributed by atoms with Gasteiger partial charge in [-0.2, -0.15) is 0 Å². The van der Waals surface area contributed by atoms with Crippen LogP contribution in [0.1, 0.15) is 123 Å². The maximum Gasteiger partial charge on any atom is 0.414 e. The van der Waals surface area contributed by atoms with Crippen molar-refractivity contribution in [1.82, 2.24) is 4.90 Å². The highest BCUT2D eigenvalue weighted by atomic mass is 28.3. The molecule has 1 amide bonds. The Morgan fingerprint density at radius 1 is 1.00 bits per heavy atom. The second kappa shape index (κ2) is 13.5. The number of carbonyl (C=O) groups excluding carboxylic acids is 2. The molecule has 0 N–H and O–H groups in total. The summed E-state index contributed by atoms with van der Waals surface area (Å²) in [7, 11) is -2.23. The van der Waals surface area contributed by atoms with E-state index in [0.29, 0.717) is 29.0 Å². The van der Waals surface area contributed by atoms with Crippen LogP contribution < -0.4 is 0 Å². The monoisotopic (exact) mass is 551 g/mol. The SMILES string of the molecule is C=CCC[C@H]1CC(=O)C([Si](C(C)C)(C(C)C)C(C)C)=CN1C(=O)O[C@H]1CCCC[C@@H]1c1ccc(C(C)C)cc1. The van der Waals surface area contributed by atoms with Gasteiger partial charge in [0.25, 0.3) is 0 Å². The highest BCUT2D eigenvalue weighted by molar-refractivity contribution is 6.93. The molecule has 0 radical (unpaired) electrons. The third-order valence-electron chi connectivity index (χ3n) is 9.62. The molecule has 1 aromatic rings. The maximum atomic E-state index is 14.0. The lowest BCUT2D eigenvalue weighted by atomic mass is 9.81. The number of hydrogen-bond acceptors (Lipinski definition) is 3. The molecule has 3 atom stereocenters. The minimum absolute atomic E-state index is 0.145. The van der Waals surface area contributed by atoms with Crippen LogP contribution in [0.25, 0.3) is 0 Å². The Kier molecular flexibility index (Phi) is 10.8. The van der Waals surface area contributed by atoms with Crippen molar-refractivity contribution in [3.63, 3.8) is 0 Å². The fourth-order valence-electron chi connectivity index (χ4n) is 7.72. The van der Waals surface area contributed by atoms with Gasteiger partial charge >= 0.3 is 6.09 Å². The normalized spacial score (nSPS) is 22.6. The van der Waals surface area contributed by atoms with Crippen molar-refractivity contribution in [3.05, 3.63) is 59.4 Å². The summed E-state index contributed by atoms with van der Waals surface area (Å²) in [5.74, 6) is 0.935. The van der Waals surface area contributed by atoms with Crippen molar-refractivity contribution in [2.24, 2.45) is 0 Å². The third kappa shape index (κ3) is 6.61. The average Bonchev–Trinajstić information content (AvgIpc) is 2.88. The molecule has 0 unspecified atom stereocenters. The van der Waals surface area contributed by atoms with Gasteiger partial charge in [-0.15, -0.1) is 6.58 Å². The summed E-state index contributed by atoms with van der Waals surface area (Å²) in [6.45, 7) is 21.9. The van der Waals surface area contributed by atoms with Gasteiger partial charge in [-0.05, 0) is 71.0 Å². The smallest absolute Gasteiger partial charge is 0.414 e. The lowest BCUT2D eigenvalue weighted by Gasteiger charge is -2.47. The summed E-state index contributed by atoms with van der Waals surface area (Å²) in [6, 6.07) is 8.71. The molecule has 39 heavy (non-hydrogen) atoms. The second-order valence-electron chi connectivity index (χ2n) is 13.1. The van der Waals surface area contributed by atoms with E-state index in [2.05, 4.69) is 86.2 Å². The van der Waals surface area contributed by atoms with Crippen LogP contribution >= 0.6 is 0 Å². The van der Waals surface area contributed by atoms with Crippen LogP contribution in [-0.4, -0.2) is 37.0 Å². The zero-order chi connectivity index (χ0) is 28.9. The number of nitrogens with zero attached hydrogens (tertiary/aromatic N) is 1. The van der Waals surface area contributed by atoms with E-state index in [1.165, 1.54) is 11.1 Å². The van der Waals surface area contributed by atoms with Gasteiger partial charge < -0.3 is 4.74 Å². The number of rotatable bonds is 10. The Morgan fingerprint density at radius 2 is 1.59 bits per heavy atom. The summed E-state index contributed by atoms with van der Waals surface area (Å²) >= 11 is 0. The summed E-state index contributed by atoms with van der Waals surface area (Å²) in [5, 5.41) is 0.929. The summed E-state index contributed by atoms with van der Waals surface area (Å²) in [6.07, 6.45) is 9.39. The van der Waals surface area contributed by atoms with Gasteiger partial charge in [0.2, 0.25) is 0 Å². The van der Waals surface area contributed by atoms with Crippen LogP contribution in [0.5, 0.6) is 0 Å². The Hall–Kier alpha value is -2.14. The molecular weight excluding hydrogens is 498 g/mol. The molecule has 0 bridgehead atoms. The Balaban J connectivity index is 1.96. The van der Waals surface area contributed by atoms with Crippen molar-refractivity contribution in [1.29, 1.82) is 0 Å². The average molecular weight is 552 g/mol. The first-order valence-electron chi connectivity index (χ1n) is 15.4. The van der Waals surface area contributed by atoms with Gasteiger partial charge in [0.05, 0.1) is 0 Å². The van der Waals surface area contributed by atoms with Crippen molar-refractivity contribution in [2.45, 2.75) is 141 Å². The van der Waals surface area contributed by atoms with Crippen molar-refractivity contribution >= 4 is 20.0 Å². The Bertz CT molecular complexity index is 1000. The van der Waals surface area contributed by atoms with Gasteiger partial charge in [0.1, 0.15) is 14.2 Å². The zero-order valence-electron chi connectivity index (χ0n) is 25.8. The molecule has 0 spiro atoms. The summed E-state index contributed by atoms with van der Waals surface area (Å²) in [4.78, 5) is 29.6. The molecule has 2 aliphatic rings. The highest BCUT2D eigenvalue weighted by Gasteiger charge is 2.50. The van der Waals surface area contributed by atoms with Crippen LogP contribution in [0.3, 0.4) is 0 Å². The number of hydrogen-bond donors (Lipinski definition) is 0. The van der Waals surface area contributed by atoms with Gasteiger partial charge in [-0.25, -0.2) is 4.79 Å².